The first kappa shape index (κ1) is 12.0. The Labute approximate surface area is 101 Å². The van der Waals surface area contributed by atoms with Crippen LogP contribution in [0.25, 0.3) is 0 Å². The molecule has 3 nitrogen and oxygen atoms in total. The van der Waals surface area contributed by atoms with Gasteiger partial charge in [0.15, 0.2) is 0 Å². The highest BCUT2D eigenvalue weighted by Crippen LogP contribution is 2.16. The van der Waals surface area contributed by atoms with E-state index >= 15 is 0 Å². The zero-order valence-electron chi connectivity index (χ0n) is 9.88. The maximum atomic E-state index is 13.8. The average Bonchev–Trinajstić information content (AvgIpc) is 2.33. The Balaban J connectivity index is 2.08. The molecule has 0 aliphatic carbocycles. The monoisotopic (exact) mass is 235 g/mol. The molecule has 0 saturated carbocycles. The van der Waals surface area contributed by atoms with Gasteiger partial charge < -0.3 is 5.73 Å². The molecule has 17 heavy (non-hydrogen) atoms. The van der Waals surface area contributed by atoms with Crippen LogP contribution in [0.3, 0.4) is 0 Å². The van der Waals surface area contributed by atoms with E-state index in [-0.39, 0.29) is 11.7 Å². The fourth-order valence-corrected chi connectivity index (χ4v) is 2.20. The van der Waals surface area contributed by atoms with Crippen molar-refractivity contribution in [2.24, 2.45) is 5.73 Å². The lowest BCUT2D eigenvalue weighted by molar-refractivity contribution is 0.218. The lowest BCUT2D eigenvalue weighted by Crippen LogP contribution is -2.29. The van der Waals surface area contributed by atoms with Crippen molar-refractivity contribution in [1.82, 2.24) is 4.90 Å². The van der Waals surface area contributed by atoms with Gasteiger partial charge in [0.2, 0.25) is 0 Å². The molecule has 0 radical (unpaired) electrons. The summed E-state index contributed by atoms with van der Waals surface area (Å²) in [6, 6.07) is 4.80. The third-order valence-electron chi connectivity index (χ3n) is 3.21. The first-order valence-electron chi connectivity index (χ1n) is 6.02. The van der Waals surface area contributed by atoms with Crippen LogP contribution in [0.1, 0.15) is 30.4 Å². The summed E-state index contributed by atoms with van der Waals surface area (Å²) >= 11 is 0. The minimum atomic E-state index is -0.261. The van der Waals surface area contributed by atoms with Gasteiger partial charge in [-0.2, -0.15) is 0 Å². The molecule has 0 spiro atoms. The predicted molar refractivity (Wildman–Crippen MR) is 66.5 cm³/mol. The van der Waals surface area contributed by atoms with Crippen LogP contribution in [-0.2, 0) is 6.54 Å². The zero-order chi connectivity index (χ0) is 12.3. The topological polar surface area (TPSA) is 53.1 Å². The number of amidine groups is 1. The number of nitrogens with one attached hydrogen (secondary N) is 1. The summed E-state index contributed by atoms with van der Waals surface area (Å²) < 4.78 is 13.8. The smallest absolute Gasteiger partial charge is 0.128 e. The maximum absolute atomic E-state index is 13.8. The van der Waals surface area contributed by atoms with Crippen LogP contribution in [0.5, 0.6) is 0 Å². The van der Waals surface area contributed by atoms with E-state index < -0.39 is 0 Å². The number of rotatable bonds is 3. The van der Waals surface area contributed by atoms with Crippen LogP contribution >= 0.6 is 0 Å². The van der Waals surface area contributed by atoms with Gasteiger partial charge in [0.1, 0.15) is 11.7 Å². The molecule has 0 amide bonds. The summed E-state index contributed by atoms with van der Waals surface area (Å²) in [6.07, 6.45) is 3.68. The van der Waals surface area contributed by atoms with Crippen molar-refractivity contribution in [2.75, 3.05) is 13.1 Å². The van der Waals surface area contributed by atoms with Crippen LogP contribution < -0.4 is 5.73 Å². The normalized spacial score (nSPS) is 17.0. The van der Waals surface area contributed by atoms with Crippen molar-refractivity contribution in [3.63, 3.8) is 0 Å². The Bertz CT molecular complexity index is 411. The number of nitrogens with zero attached hydrogens (tertiary/aromatic N) is 1. The molecule has 1 aromatic carbocycles. The molecule has 1 aromatic rings. The Morgan fingerprint density at radius 1 is 1.29 bits per heavy atom. The molecule has 0 unspecified atom stereocenters. The third-order valence-corrected chi connectivity index (χ3v) is 3.21. The Hall–Kier alpha value is -1.42. The van der Waals surface area contributed by atoms with Gasteiger partial charge in [-0.15, -0.1) is 0 Å². The van der Waals surface area contributed by atoms with Gasteiger partial charge in [0.25, 0.3) is 0 Å². The van der Waals surface area contributed by atoms with E-state index in [0.29, 0.717) is 17.7 Å². The van der Waals surface area contributed by atoms with E-state index in [1.165, 1.54) is 25.3 Å². The lowest BCUT2D eigenvalue weighted by atomic mass is 10.1. The number of hydrogen-bond donors (Lipinski definition) is 2. The Kier molecular flexibility index (Phi) is 3.74. The molecule has 1 heterocycles. The molecule has 0 atom stereocenters. The fraction of sp³-hybridized carbons (Fsp3) is 0.462. The van der Waals surface area contributed by atoms with Crippen molar-refractivity contribution in [1.29, 1.82) is 5.41 Å². The molecule has 2 rings (SSSR count). The number of nitrogen functional groups attached to an aromatic ring is 1. The second-order valence-electron chi connectivity index (χ2n) is 4.56. The quantitative estimate of drug-likeness (QED) is 0.622. The minimum Gasteiger partial charge on any atom is -0.384 e. The van der Waals surface area contributed by atoms with Crippen LogP contribution in [0, 0.1) is 11.2 Å². The summed E-state index contributed by atoms with van der Waals surface area (Å²) in [4.78, 5) is 2.27. The number of hydrogen-bond acceptors (Lipinski definition) is 2. The van der Waals surface area contributed by atoms with Crippen molar-refractivity contribution in [3.05, 3.63) is 35.1 Å². The van der Waals surface area contributed by atoms with E-state index in [2.05, 4.69) is 4.90 Å². The summed E-state index contributed by atoms with van der Waals surface area (Å²) in [7, 11) is 0. The van der Waals surface area contributed by atoms with E-state index in [9.17, 15) is 4.39 Å². The molecular formula is C13H18FN3. The van der Waals surface area contributed by atoms with E-state index in [0.717, 1.165) is 13.1 Å². The van der Waals surface area contributed by atoms with Gasteiger partial charge in [0.05, 0.1) is 0 Å². The number of piperidine rings is 1. The Morgan fingerprint density at radius 3 is 2.59 bits per heavy atom. The van der Waals surface area contributed by atoms with Crippen LogP contribution in [-0.4, -0.2) is 23.8 Å². The summed E-state index contributed by atoms with van der Waals surface area (Å²) in [6.45, 7) is 2.76. The Morgan fingerprint density at radius 2 is 2.00 bits per heavy atom. The van der Waals surface area contributed by atoms with Crippen molar-refractivity contribution >= 4 is 5.84 Å². The van der Waals surface area contributed by atoms with Gasteiger partial charge in [-0.25, -0.2) is 4.39 Å². The number of benzene rings is 1. The van der Waals surface area contributed by atoms with Gasteiger partial charge in [-0.05, 0) is 32.0 Å². The molecule has 1 aliphatic heterocycles. The molecule has 0 aromatic heterocycles. The molecule has 3 N–H and O–H groups in total. The second-order valence-corrected chi connectivity index (χ2v) is 4.56. The van der Waals surface area contributed by atoms with Crippen LogP contribution in [0.2, 0.25) is 0 Å². The number of nitrogens with two attached hydrogens (primary N) is 1. The first-order valence-corrected chi connectivity index (χ1v) is 6.02. The van der Waals surface area contributed by atoms with Gasteiger partial charge in [-0.3, -0.25) is 10.3 Å². The third kappa shape index (κ3) is 3.03. The number of halogens is 1. The van der Waals surface area contributed by atoms with Gasteiger partial charge >= 0.3 is 0 Å². The number of likely N-dealkylation sites (tertiary alicyclic amines) is 1. The first-order chi connectivity index (χ1) is 8.16. The highest BCUT2D eigenvalue weighted by molar-refractivity contribution is 5.94. The summed E-state index contributed by atoms with van der Waals surface area (Å²) in [5, 5.41) is 7.26. The lowest BCUT2D eigenvalue weighted by Gasteiger charge is -2.26. The predicted octanol–water partition coefficient (Wildman–Crippen LogP) is 2.10. The van der Waals surface area contributed by atoms with E-state index in [1.807, 2.05) is 0 Å². The van der Waals surface area contributed by atoms with Crippen molar-refractivity contribution in [2.45, 2.75) is 25.8 Å². The maximum Gasteiger partial charge on any atom is 0.128 e. The van der Waals surface area contributed by atoms with Crippen LogP contribution in [0.4, 0.5) is 4.39 Å². The molecule has 1 aliphatic rings. The molecule has 1 saturated heterocycles. The summed E-state index contributed by atoms with van der Waals surface area (Å²) in [5.41, 5.74) is 6.46. The molecule has 92 valence electrons. The van der Waals surface area contributed by atoms with E-state index in [4.69, 9.17) is 11.1 Å². The summed E-state index contributed by atoms with van der Waals surface area (Å²) in [5.74, 6) is -0.350. The van der Waals surface area contributed by atoms with E-state index in [1.54, 1.807) is 12.1 Å². The van der Waals surface area contributed by atoms with Gasteiger partial charge in [0, 0.05) is 17.7 Å². The second kappa shape index (κ2) is 5.27. The SMILES string of the molecule is N=C(N)c1ccc(CN2CCCCC2)c(F)c1. The molecule has 4 heteroatoms. The zero-order valence-corrected chi connectivity index (χ0v) is 9.88. The molecular weight excluding hydrogens is 217 g/mol. The fourth-order valence-electron chi connectivity index (χ4n) is 2.20. The highest BCUT2D eigenvalue weighted by Gasteiger charge is 2.13. The van der Waals surface area contributed by atoms with Crippen molar-refractivity contribution in [3.8, 4) is 0 Å². The standard InChI is InChI=1S/C13H18FN3/c14-12-8-10(13(15)16)4-5-11(12)9-17-6-2-1-3-7-17/h4-5,8H,1-3,6-7,9H2,(H3,15,16). The van der Waals surface area contributed by atoms with Crippen molar-refractivity contribution < 1.29 is 4.39 Å². The van der Waals surface area contributed by atoms with Crippen LogP contribution in [0.15, 0.2) is 18.2 Å². The van der Waals surface area contributed by atoms with Gasteiger partial charge in [-0.1, -0.05) is 18.6 Å². The highest BCUT2D eigenvalue weighted by atomic mass is 19.1. The molecule has 1 fully saturated rings. The largest absolute Gasteiger partial charge is 0.384 e. The minimum absolute atomic E-state index is 0.0894. The average molecular weight is 235 g/mol. The molecule has 0 bridgehead atoms.